The van der Waals surface area contributed by atoms with Crippen molar-refractivity contribution in [3.63, 3.8) is 0 Å². The van der Waals surface area contributed by atoms with Crippen molar-refractivity contribution in [1.29, 1.82) is 0 Å². The lowest BCUT2D eigenvalue weighted by Crippen LogP contribution is -2.01. The fourth-order valence-electron chi connectivity index (χ4n) is 8.77. The van der Waals surface area contributed by atoms with Gasteiger partial charge in [-0.3, -0.25) is 0 Å². The van der Waals surface area contributed by atoms with Crippen LogP contribution in [0.4, 0.5) is 0 Å². The summed E-state index contributed by atoms with van der Waals surface area (Å²) in [4.78, 5) is 15.7. The van der Waals surface area contributed by atoms with Gasteiger partial charge in [-0.25, -0.2) is 15.0 Å². The van der Waals surface area contributed by atoms with Crippen molar-refractivity contribution in [3.8, 4) is 62.1 Å². The molecule has 0 amide bonds. The summed E-state index contributed by atoms with van der Waals surface area (Å²) in [5, 5.41) is 2.44. The van der Waals surface area contributed by atoms with Gasteiger partial charge in [0.15, 0.2) is 17.5 Å². The minimum atomic E-state index is 0.498. The monoisotopic (exact) mass is 760 g/mol. The lowest BCUT2D eigenvalue weighted by molar-refractivity contribution is 0.740. The molecule has 4 heteroatoms. The van der Waals surface area contributed by atoms with E-state index < -0.39 is 0 Å². The van der Waals surface area contributed by atoms with E-state index in [4.69, 9.17) is 15.0 Å². The summed E-state index contributed by atoms with van der Waals surface area (Å²) in [5.74, 6) is 2.44. The van der Waals surface area contributed by atoms with E-state index in [9.17, 15) is 0 Å². The van der Waals surface area contributed by atoms with Crippen LogP contribution >= 0.6 is 0 Å². The maximum absolute atomic E-state index is 5.24. The van der Waals surface area contributed by atoms with Gasteiger partial charge in [0.25, 0.3) is 0 Å². The summed E-state index contributed by atoms with van der Waals surface area (Å²) in [7, 11) is 0. The zero-order chi connectivity index (χ0) is 39.9. The summed E-state index contributed by atoms with van der Waals surface area (Å²) < 4.78 is 2.37. The quantitative estimate of drug-likeness (QED) is 0.155. The van der Waals surface area contributed by atoms with Crippen molar-refractivity contribution in [2.45, 2.75) is 33.6 Å². The van der Waals surface area contributed by atoms with Crippen LogP contribution in [0, 0.1) is 12.8 Å². The van der Waals surface area contributed by atoms with E-state index in [0.29, 0.717) is 23.4 Å². The molecule has 0 bridgehead atoms. The van der Waals surface area contributed by atoms with Gasteiger partial charge in [0.05, 0.1) is 11.0 Å². The molecule has 1 aliphatic rings. The second-order valence-corrected chi connectivity index (χ2v) is 15.6. The molecule has 1 atom stereocenters. The first-order valence-corrected chi connectivity index (χ1v) is 20.7. The van der Waals surface area contributed by atoms with E-state index in [-0.39, 0.29) is 0 Å². The predicted octanol–water partition coefficient (Wildman–Crippen LogP) is 14.2. The Kier molecular flexibility index (Phi) is 9.38. The molecule has 0 fully saturated rings. The molecule has 59 heavy (non-hydrogen) atoms. The topological polar surface area (TPSA) is 43.6 Å². The third-order valence-electron chi connectivity index (χ3n) is 11.7. The van der Waals surface area contributed by atoms with Crippen LogP contribution in [0.5, 0.6) is 0 Å². The second-order valence-electron chi connectivity index (χ2n) is 15.6. The van der Waals surface area contributed by atoms with E-state index in [1.807, 2.05) is 0 Å². The van der Waals surface area contributed by atoms with Gasteiger partial charge in [-0.1, -0.05) is 153 Å². The maximum atomic E-state index is 5.24. The molecular weight excluding hydrogens is 717 g/mol. The van der Waals surface area contributed by atoms with Gasteiger partial charge in [0.2, 0.25) is 0 Å². The van der Waals surface area contributed by atoms with Crippen molar-refractivity contribution in [2.75, 3.05) is 0 Å². The van der Waals surface area contributed by atoms with Crippen molar-refractivity contribution in [3.05, 3.63) is 199 Å². The lowest BCUT2D eigenvalue weighted by Gasteiger charge is -2.15. The Labute approximate surface area is 345 Å². The van der Waals surface area contributed by atoms with E-state index in [1.165, 1.54) is 55.2 Å². The normalized spacial score (nSPS) is 13.9. The molecule has 284 valence electrons. The van der Waals surface area contributed by atoms with E-state index in [2.05, 4.69) is 207 Å². The van der Waals surface area contributed by atoms with Crippen LogP contribution in [-0.2, 0) is 6.42 Å². The van der Waals surface area contributed by atoms with Crippen LogP contribution in [0.15, 0.2) is 182 Å². The minimum absolute atomic E-state index is 0.498. The lowest BCUT2D eigenvalue weighted by atomic mass is 9.93. The molecule has 2 heterocycles. The summed E-state index contributed by atoms with van der Waals surface area (Å²) >= 11 is 0. The SMILES string of the molecule is CCc1ccccc1-c1ccc(-c2nc(-c3cccc(C4=CC(C)CC=C4)c3)nc(-c3cccc(-c4cccc5c4c4ccccc4n5-c4ccccc4)c3)n2)cc1C. The van der Waals surface area contributed by atoms with Gasteiger partial charge in [0.1, 0.15) is 0 Å². The van der Waals surface area contributed by atoms with Crippen LogP contribution < -0.4 is 0 Å². The summed E-state index contributed by atoms with van der Waals surface area (Å²) in [6.07, 6.45) is 8.89. The van der Waals surface area contributed by atoms with E-state index in [1.54, 1.807) is 0 Å². The molecule has 0 saturated carbocycles. The van der Waals surface area contributed by atoms with E-state index in [0.717, 1.165) is 46.3 Å². The molecule has 7 aromatic carbocycles. The number of allylic oxidation sites excluding steroid dienone is 4. The van der Waals surface area contributed by atoms with Gasteiger partial charge >= 0.3 is 0 Å². The Morgan fingerprint density at radius 1 is 0.542 bits per heavy atom. The largest absolute Gasteiger partial charge is 0.309 e. The molecule has 0 N–H and O–H groups in total. The third-order valence-corrected chi connectivity index (χ3v) is 11.7. The smallest absolute Gasteiger partial charge is 0.164 e. The van der Waals surface area contributed by atoms with Gasteiger partial charge in [-0.05, 0) is 113 Å². The van der Waals surface area contributed by atoms with Crippen molar-refractivity contribution in [2.24, 2.45) is 5.92 Å². The van der Waals surface area contributed by atoms with Gasteiger partial charge < -0.3 is 4.57 Å². The molecule has 0 saturated heterocycles. The second kappa shape index (κ2) is 15.3. The molecule has 9 aromatic rings. The van der Waals surface area contributed by atoms with Crippen molar-refractivity contribution >= 4 is 27.4 Å². The van der Waals surface area contributed by atoms with Crippen LogP contribution in [0.25, 0.3) is 89.5 Å². The Balaban J connectivity index is 1.13. The highest BCUT2D eigenvalue weighted by Crippen LogP contribution is 2.40. The van der Waals surface area contributed by atoms with Crippen molar-refractivity contribution < 1.29 is 0 Å². The fraction of sp³-hybridized carbons (Fsp3) is 0.109. The number of fused-ring (bicyclic) bond motifs is 3. The van der Waals surface area contributed by atoms with Crippen LogP contribution in [-0.4, -0.2) is 19.5 Å². The number of benzene rings is 7. The van der Waals surface area contributed by atoms with Crippen LogP contribution in [0.1, 0.15) is 37.0 Å². The number of aromatic nitrogens is 4. The summed E-state index contributed by atoms with van der Waals surface area (Å²) in [5.41, 5.74) is 16.0. The molecular formula is C55H44N4. The van der Waals surface area contributed by atoms with Crippen LogP contribution in [0.3, 0.4) is 0 Å². The van der Waals surface area contributed by atoms with Crippen LogP contribution in [0.2, 0.25) is 0 Å². The highest BCUT2D eigenvalue weighted by molar-refractivity contribution is 6.15. The molecule has 0 aliphatic heterocycles. The number of hydrogen-bond acceptors (Lipinski definition) is 3. The minimum Gasteiger partial charge on any atom is -0.309 e. The first kappa shape index (κ1) is 36.2. The number of para-hydroxylation sites is 2. The highest BCUT2D eigenvalue weighted by Gasteiger charge is 2.19. The molecule has 4 nitrogen and oxygen atoms in total. The first-order valence-electron chi connectivity index (χ1n) is 20.7. The molecule has 1 unspecified atom stereocenters. The predicted molar refractivity (Wildman–Crippen MR) is 246 cm³/mol. The van der Waals surface area contributed by atoms with Gasteiger partial charge in [-0.15, -0.1) is 0 Å². The number of rotatable bonds is 8. The Morgan fingerprint density at radius 3 is 1.90 bits per heavy atom. The Morgan fingerprint density at radius 2 is 1.15 bits per heavy atom. The molecule has 0 radical (unpaired) electrons. The molecule has 10 rings (SSSR count). The highest BCUT2D eigenvalue weighted by atomic mass is 15.0. The van der Waals surface area contributed by atoms with Gasteiger partial charge in [0, 0.05) is 33.2 Å². The van der Waals surface area contributed by atoms with Gasteiger partial charge in [-0.2, -0.15) is 0 Å². The van der Waals surface area contributed by atoms with Crippen molar-refractivity contribution in [1.82, 2.24) is 19.5 Å². The standard InChI is InChI=1S/C55H44N4/c1-4-38-17-8-9-25-47(38)46-31-30-44(33-37(46)3)55-57-53(42-21-13-19-40(34-42)39-18-12-16-36(2)32-39)56-54(58-55)43-22-14-20-41(35-43)48-27-15-29-51-52(48)49-26-10-11-28-50(49)59(51)45-23-6-5-7-24-45/h5-15,17-36H,4,16H2,1-3H3. The zero-order valence-corrected chi connectivity index (χ0v) is 33.6. The Hall–Kier alpha value is -7.17. The zero-order valence-electron chi connectivity index (χ0n) is 33.6. The summed E-state index contributed by atoms with van der Waals surface area (Å²) in [6.45, 7) is 6.66. The number of hydrogen-bond donors (Lipinski definition) is 0. The fourth-order valence-corrected chi connectivity index (χ4v) is 8.77. The van der Waals surface area contributed by atoms with E-state index >= 15 is 0 Å². The average molecular weight is 761 g/mol. The summed E-state index contributed by atoms with van der Waals surface area (Å²) in [6, 6.07) is 58.5. The number of aryl methyl sites for hydroxylation is 2. The molecule has 1 aliphatic carbocycles. The first-order chi connectivity index (χ1) is 29.0. The Bertz CT molecular complexity index is 3090. The maximum Gasteiger partial charge on any atom is 0.164 e. The number of nitrogens with zero attached hydrogens (tertiary/aromatic N) is 4. The molecule has 0 spiro atoms. The average Bonchev–Trinajstić information content (AvgIpc) is 3.64. The third kappa shape index (κ3) is 6.77. The molecule has 2 aromatic heterocycles.